The molecule has 0 heterocycles. The van der Waals surface area contributed by atoms with E-state index in [1.807, 2.05) is 48.5 Å². The summed E-state index contributed by atoms with van der Waals surface area (Å²) in [6.07, 6.45) is 1.60. The molecule has 0 saturated heterocycles. The van der Waals surface area contributed by atoms with Crippen LogP contribution in [0.2, 0.25) is 0 Å². The quantitative estimate of drug-likeness (QED) is 0.384. The lowest BCUT2D eigenvalue weighted by Crippen LogP contribution is -2.24. The molecular formula is C15H12I2N2O2. The van der Waals surface area contributed by atoms with Crippen LogP contribution in [-0.2, 0) is 4.79 Å². The van der Waals surface area contributed by atoms with Crippen LogP contribution in [0.15, 0.2) is 53.6 Å². The normalized spacial score (nSPS) is 10.6. The van der Waals surface area contributed by atoms with Crippen molar-refractivity contribution in [2.24, 2.45) is 5.10 Å². The first-order valence-electron chi connectivity index (χ1n) is 6.09. The molecular weight excluding hydrogens is 494 g/mol. The number of halogens is 2. The van der Waals surface area contributed by atoms with Crippen LogP contribution in [0.1, 0.15) is 5.56 Å². The van der Waals surface area contributed by atoms with Crippen molar-refractivity contribution in [2.75, 3.05) is 6.61 Å². The highest BCUT2D eigenvalue weighted by Crippen LogP contribution is 2.13. The first-order chi connectivity index (χ1) is 10.1. The number of nitrogens with one attached hydrogen (secondary N) is 1. The number of rotatable bonds is 5. The molecule has 0 aliphatic heterocycles. The fourth-order valence-corrected chi connectivity index (χ4v) is 2.40. The summed E-state index contributed by atoms with van der Waals surface area (Å²) in [5.41, 5.74) is 3.37. The maximum Gasteiger partial charge on any atom is 0.277 e. The summed E-state index contributed by atoms with van der Waals surface area (Å²) in [5, 5.41) is 3.90. The maximum atomic E-state index is 11.6. The molecule has 108 valence electrons. The molecule has 1 N–H and O–H groups in total. The van der Waals surface area contributed by atoms with Crippen LogP contribution in [-0.4, -0.2) is 18.7 Å². The topological polar surface area (TPSA) is 50.7 Å². The molecule has 0 aliphatic carbocycles. The van der Waals surface area contributed by atoms with Gasteiger partial charge in [0.1, 0.15) is 5.75 Å². The van der Waals surface area contributed by atoms with E-state index in [0.717, 1.165) is 12.7 Å². The molecule has 0 bridgehead atoms. The minimum absolute atomic E-state index is 0.0652. The van der Waals surface area contributed by atoms with Gasteiger partial charge in [0.2, 0.25) is 0 Å². The first-order valence-corrected chi connectivity index (χ1v) is 8.25. The third-order valence-corrected chi connectivity index (χ3v) is 3.83. The molecule has 0 fully saturated rings. The number of nitrogens with zero attached hydrogens (tertiary/aromatic N) is 1. The van der Waals surface area contributed by atoms with Gasteiger partial charge in [0.05, 0.1) is 6.21 Å². The monoisotopic (exact) mass is 506 g/mol. The Morgan fingerprint density at radius 1 is 1.14 bits per heavy atom. The summed E-state index contributed by atoms with van der Waals surface area (Å²) in [5.74, 6) is 0.364. The van der Waals surface area contributed by atoms with Crippen LogP contribution < -0.4 is 10.2 Å². The first kappa shape index (κ1) is 16.2. The molecule has 0 radical (unpaired) electrons. The van der Waals surface area contributed by atoms with Gasteiger partial charge in [-0.2, -0.15) is 5.10 Å². The Labute approximate surface area is 150 Å². The summed E-state index contributed by atoms with van der Waals surface area (Å²) in [4.78, 5) is 11.6. The number of ether oxygens (including phenoxy) is 1. The van der Waals surface area contributed by atoms with Gasteiger partial charge in [0.15, 0.2) is 6.61 Å². The number of amides is 1. The molecule has 0 unspecified atom stereocenters. The van der Waals surface area contributed by atoms with E-state index in [9.17, 15) is 4.79 Å². The van der Waals surface area contributed by atoms with Crippen LogP contribution in [0.25, 0.3) is 0 Å². The second-order valence-corrected chi connectivity index (χ2v) is 6.58. The van der Waals surface area contributed by atoms with E-state index in [4.69, 9.17) is 4.74 Å². The molecule has 0 atom stereocenters. The van der Waals surface area contributed by atoms with Gasteiger partial charge >= 0.3 is 0 Å². The summed E-state index contributed by atoms with van der Waals surface area (Å²) in [6.45, 7) is -0.0652. The fourth-order valence-electron chi connectivity index (χ4n) is 1.48. The van der Waals surface area contributed by atoms with Crippen molar-refractivity contribution >= 4 is 57.3 Å². The lowest BCUT2D eigenvalue weighted by molar-refractivity contribution is -0.123. The fraction of sp³-hybridized carbons (Fsp3) is 0.0667. The smallest absolute Gasteiger partial charge is 0.277 e. The Morgan fingerprint density at radius 3 is 2.62 bits per heavy atom. The minimum atomic E-state index is -0.296. The second-order valence-electron chi connectivity index (χ2n) is 4.09. The maximum absolute atomic E-state index is 11.6. The molecule has 2 aromatic carbocycles. The summed E-state index contributed by atoms with van der Waals surface area (Å²) in [6, 6.07) is 15.3. The highest BCUT2D eigenvalue weighted by atomic mass is 127. The van der Waals surface area contributed by atoms with Gasteiger partial charge in [-0.1, -0.05) is 12.1 Å². The van der Waals surface area contributed by atoms with Gasteiger partial charge < -0.3 is 4.74 Å². The van der Waals surface area contributed by atoms with E-state index < -0.39 is 0 Å². The van der Waals surface area contributed by atoms with Crippen molar-refractivity contribution < 1.29 is 9.53 Å². The molecule has 2 rings (SSSR count). The molecule has 0 saturated carbocycles. The number of benzene rings is 2. The molecule has 21 heavy (non-hydrogen) atoms. The third kappa shape index (κ3) is 6.00. The third-order valence-electron chi connectivity index (χ3n) is 2.44. The Bertz CT molecular complexity index is 642. The van der Waals surface area contributed by atoms with Crippen molar-refractivity contribution in [3.8, 4) is 5.75 Å². The van der Waals surface area contributed by atoms with Crippen molar-refractivity contribution in [1.82, 2.24) is 5.43 Å². The van der Waals surface area contributed by atoms with Crippen LogP contribution in [0, 0.1) is 7.14 Å². The van der Waals surface area contributed by atoms with E-state index in [-0.39, 0.29) is 12.5 Å². The molecule has 0 spiro atoms. The number of carbonyl (C=O) groups excluding carboxylic acids is 1. The van der Waals surface area contributed by atoms with E-state index in [0.29, 0.717) is 5.75 Å². The predicted octanol–water partition coefficient (Wildman–Crippen LogP) is 3.42. The standard InChI is InChI=1S/C15H12I2N2O2/c16-12-4-6-14(7-5-12)21-10-15(20)19-18-9-11-2-1-3-13(17)8-11/h1-9H,10H2,(H,19,20)/b18-9+. The Kier molecular flexibility index (Phi) is 6.43. The van der Waals surface area contributed by atoms with Gasteiger partial charge in [0, 0.05) is 7.14 Å². The van der Waals surface area contributed by atoms with E-state index in [1.165, 1.54) is 0 Å². The Hall–Kier alpha value is -1.16. The number of hydrazone groups is 1. The lowest BCUT2D eigenvalue weighted by atomic mass is 10.2. The van der Waals surface area contributed by atoms with Gasteiger partial charge in [-0.3, -0.25) is 4.79 Å². The van der Waals surface area contributed by atoms with E-state index >= 15 is 0 Å². The SMILES string of the molecule is O=C(COc1ccc(I)cc1)N/N=C/c1cccc(I)c1. The Morgan fingerprint density at radius 2 is 1.90 bits per heavy atom. The van der Waals surface area contributed by atoms with Crippen molar-refractivity contribution in [2.45, 2.75) is 0 Å². The van der Waals surface area contributed by atoms with E-state index in [1.54, 1.807) is 6.21 Å². The predicted molar refractivity (Wildman–Crippen MR) is 99.5 cm³/mol. The summed E-state index contributed by atoms with van der Waals surface area (Å²) in [7, 11) is 0. The average molecular weight is 506 g/mol. The van der Waals surface area contributed by atoms with Crippen molar-refractivity contribution in [3.63, 3.8) is 0 Å². The highest BCUT2D eigenvalue weighted by Gasteiger charge is 2.01. The molecule has 6 heteroatoms. The highest BCUT2D eigenvalue weighted by molar-refractivity contribution is 14.1. The average Bonchev–Trinajstić information content (AvgIpc) is 2.47. The van der Waals surface area contributed by atoms with Gasteiger partial charge in [-0.25, -0.2) is 5.43 Å². The van der Waals surface area contributed by atoms with E-state index in [2.05, 4.69) is 55.7 Å². The molecule has 0 aromatic heterocycles. The molecule has 0 aliphatic rings. The zero-order valence-corrected chi connectivity index (χ0v) is 15.2. The summed E-state index contributed by atoms with van der Waals surface area (Å²) >= 11 is 4.43. The van der Waals surface area contributed by atoms with Gasteiger partial charge in [0.25, 0.3) is 5.91 Å². The van der Waals surface area contributed by atoms with Crippen LogP contribution >= 0.6 is 45.2 Å². The van der Waals surface area contributed by atoms with Gasteiger partial charge in [-0.15, -0.1) is 0 Å². The van der Waals surface area contributed by atoms with Crippen LogP contribution in [0.5, 0.6) is 5.75 Å². The Balaban J connectivity index is 1.78. The van der Waals surface area contributed by atoms with Crippen molar-refractivity contribution in [1.29, 1.82) is 0 Å². The lowest BCUT2D eigenvalue weighted by Gasteiger charge is -2.04. The zero-order chi connectivity index (χ0) is 15.1. The van der Waals surface area contributed by atoms with Crippen molar-refractivity contribution in [3.05, 3.63) is 61.2 Å². The number of carbonyl (C=O) groups is 1. The van der Waals surface area contributed by atoms with Crippen LogP contribution in [0.4, 0.5) is 0 Å². The largest absolute Gasteiger partial charge is 0.484 e. The number of hydrogen-bond donors (Lipinski definition) is 1. The molecule has 2 aromatic rings. The molecule has 4 nitrogen and oxygen atoms in total. The minimum Gasteiger partial charge on any atom is -0.484 e. The second kappa shape index (κ2) is 8.32. The zero-order valence-electron chi connectivity index (χ0n) is 10.9. The van der Waals surface area contributed by atoms with Gasteiger partial charge in [-0.05, 0) is 87.1 Å². The number of hydrogen-bond acceptors (Lipinski definition) is 3. The molecule has 1 amide bonds. The summed E-state index contributed by atoms with van der Waals surface area (Å²) < 4.78 is 7.59. The van der Waals surface area contributed by atoms with Crippen LogP contribution in [0.3, 0.4) is 0 Å².